The van der Waals surface area contributed by atoms with Gasteiger partial charge in [0.15, 0.2) is 0 Å². The maximum Gasteiger partial charge on any atom is 0.123 e. The zero-order chi connectivity index (χ0) is 14.4. The monoisotopic (exact) mass is 266 g/mol. The van der Waals surface area contributed by atoms with Crippen LogP contribution in [0.5, 0.6) is 11.5 Å². The molecule has 0 saturated heterocycles. The van der Waals surface area contributed by atoms with Crippen LogP contribution in [0.25, 0.3) is 0 Å². The van der Waals surface area contributed by atoms with E-state index < -0.39 is 0 Å². The fourth-order valence-electron chi connectivity index (χ4n) is 2.08. The highest BCUT2D eigenvalue weighted by molar-refractivity contribution is 5.45. The number of benzene rings is 1. The fourth-order valence-corrected chi connectivity index (χ4v) is 2.08. The van der Waals surface area contributed by atoms with Crippen molar-refractivity contribution in [1.82, 2.24) is 5.32 Å². The highest BCUT2D eigenvalue weighted by Crippen LogP contribution is 2.28. The maximum atomic E-state index is 5.77. The topological polar surface area (TPSA) is 56.5 Å². The lowest BCUT2D eigenvalue weighted by Gasteiger charge is -2.21. The van der Waals surface area contributed by atoms with Gasteiger partial charge in [-0.15, -0.1) is 0 Å². The third kappa shape index (κ3) is 4.11. The second-order valence-corrected chi connectivity index (χ2v) is 5.10. The molecule has 0 aromatic heterocycles. The Hall–Kier alpha value is -1.26. The molecule has 1 aromatic carbocycles. The first-order valence-corrected chi connectivity index (χ1v) is 6.68. The van der Waals surface area contributed by atoms with E-state index in [4.69, 9.17) is 15.2 Å². The third-order valence-electron chi connectivity index (χ3n) is 3.41. The Morgan fingerprint density at radius 1 is 1.16 bits per heavy atom. The van der Waals surface area contributed by atoms with Gasteiger partial charge >= 0.3 is 0 Å². The van der Waals surface area contributed by atoms with Crippen molar-refractivity contribution in [3.63, 3.8) is 0 Å². The molecule has 0 aliphatic heterocycles. The molecule has 1 aromatic rings. The molecule has 0 aliphatic carbocycles. The standard InChI is InChI=1S/C15H26N2O2/c1-10(2)13(8-16)17-9-12-7-14(18-4)11(3)6-15(12)19-5/h6-7,10,13,17H,8-9,16H2,1-5H3. The van der Waals surface area contributed by atoms with Crippen LogP contribution in [-0.4, -0.2) is 26.8 Å². The van der Waals surface area contributed by atoms with Gasteiger partial charge in [-0.1, -0.05) is 13.8 Å². The van der Waals surface area contributed by atoms with Crippen molar-refractivity contribution in [3.8, 4) is 11.5 Å². The van der Waals surface area contributed by atoms with Gasteiger partial charge in [0.1, 0.15) is 11.5 Å². The van der Waals surface area contributed by atoms with E-state index in [-0.39, 0.29) is 0 Å². The zero-order valence-electron chi connectivity index (χ0n) is 12.6. The average molecular weight is 266 g/mol. The molecule has 3 N–H and O–H groups in total. The highest BCUT2D eigenvalue weighted by atomic mass is 16.5. The van der Waals surface area contributed by atoms with Crippen LogP contribution in [0, 0.1) is 12.8 Å². The summed E-state index contributed by atoms with van der Waals surface area (Å²) in [4.78, 5) is 0. The van der Waals surface area contributed by atoms with Crippen LogP contribution < -0.4 is 20.5 Å². The molecule has 1 unspecified atom stereocenters. The Bertz CT molecular complexity index is 405. The lowest BCUT2D eigenvalue weighted by molar-refractivity contribution is 0.380. The lowest BCUT2D eigenvalue weighted by atomic mass is 10.0. The molecule has 0 amide bonds. The van der Waals surface area contributed by atoms with E-state index in [9.17, 15) is 0 Å². The van der Waals surface area contributed by atoms with Crippen LogP contribution in [0.4, 0.5) is 0 Å². The minimum atomic E-state index is 0.303. The van der Waals surface area contributed by atoms with E-state index in [0.29, 0.717) is 18.5 Å². The number of hydrogen-bond donors (Lipinski definition) is 2. The smallest absolute Gasteiger partial charge is 0.123 e. The first-order chi connectivity index (χ1) is 9.03. The summed E-state index contributed by atoms with van der Waals surface area (Å²) >= 11 is 0. The van der Waals surface area contributed by atoms with Crippen molar-refractivity contribution in [3.05, 3.63) is 23.3 Å². The minimum Gasteiger partial charge on any atom is -0.496 e. The van der Waals surface area contributed by atoms with Gasteiger partial charge in [-0.25, -0.2) is 0 Å². The molecular formula is C15H26N2O2. The summed E-state index contributed by atoms with van der Waals surface area (Å²) in [7, 11) is 3.37. The number of ether oxygens (including phenoxy) is 2. The fraction of sp³-hybridized carbons (Fsp3) is 0.600. The van der Waals surface area contributed by atoms with Crippen LogP contribution >= 0.6 is 0 Å². The van der Waals surface area contributed by atoms with Crippen LogP contribution in [0.3, 0.4) is 0 Å². The highest BCUT2D eigenvalue weighted by Gasteiger charge is 2.13. The van der Waals surface area contributed by atoms with Crippen LogP contribution in [0.2, 0.25) is 0 Å². The van der Waals surface area contributed by atoms with Crippen molar-refractivity contribution >= 4 is 0 Å². The Balaban J connectivity index is 2.87. The van der Waals surface area contributed by atoms with Crippen LogP contribution in [-0.2, 0) is 6.54 Å². The number of nitrogens with two attached hydrogens (primary N) is 1. The molecule has 0 fully saturated rings. The second kappa shape index (κ2) is 7.36. The molecule has 0 spiro atoms. The summed E-state index contributed by atoms with van der Waals surface area (Å²) in [5.74, 6) is 2.26. The van der Waals surface area contributed by atoms with E-state index in [1.165, 1.54) is 0 Å². The molecule has 0 heterocycles. The number of rotatable bonds is 7. The van der Waals surface area contributed by atoms with Crippen LogP contribution in [0.15, 0.2) is 12.1 Å². The van der Waals surface area contributed by atoms with E-state index in [1.807, 2.05) is 19.1 Å². The summed E-state index contributed by atoms with van der Waals surface area (Å²) < 4.78 is 10.8. The number of methoxy groups -OCH3 is 2. The first-order valence-electron chi connectivity index (χ1n) is 6.68. The summed E-state index contributed by atoms with van der Waals surface area (Å²) in [6, 6.07) is 4.33. The van der Waals surface area contributed by atoms with E-state index in [2.05, 4.69) is 19.2 Å². The summed E-state index contributed by atoms with van der Waals surface area (Å²) in [5, 5.41) is 3.47. The van der Waals surface area contributed by atoms with Gasteiger partial charge in [0.05, 0.1) is 14.2 Å². The molecule has 0 bridgehead atoms. The molecule has 4 heteroatoms. The normalized spacial score (nSPS) is 12.6. The van der Waals surface area contributed by atoms with Crippen molar-refractivity contribution in [2.24, 2.45) is 11.7 Å². The molecule has 1 atom stereocenters. The van der Waals surface area contributed by atoms with Gasteiger partial charge in [0.2, 0.25) is 0 Å². The number of aryl methyl sites for hydroxylation is 1. The van der Waals surface area contributed by atoms with E-state index >= 15 is 0 Å². The maximum absolute atomic E-state index is 5.77. The quantitative estimate of drug-likeness (QED) is 0.793. The van der Waals surface area contributed by atoms with E-state index in [0.717, 1.165) is 29.2 Å². The Morgan fingerprint density at radius 3 is 2.26 bits per heavy atom. The minimum absolute atomic E-state index is 0.303. The van der Waals surface area contributed by atoms with Gasteiger partial charge in [0, 0.05) is 24.7 Å². The lowest BCUT2D eigenvalue weighted by Crippen LogP contribution is -2.39. The zero-order valence-corrected chi connectivity index (χ0v) is 12.6. The predicted molar refractivity (Wildman–Crippen MR) is 78.8 cm³/mol. The molecule has 0 saturated carbocycles. The summed E-state index contributed by atoms with van der Waals surface area (Å²) in [6.45, 7) is 7.69. The second-order valence-electron chi connectivity index (χ2n) is 5.10. The Labute approximate surface area is 116 Å². The first kappa shape index (κ1) is 15.8. The van der Waals surface area contributed by atoms with Gasteiger partial charge in [-0.2, -0.15) is 0 Å². The summed E-state index contributed by atoms with van der Waals surface area (Å²) in [5.41, 5.74) is 7.93. The average Bonchev–Trinajstić information content (AvgIpc) is 2.39. The van der Waals surface area contributed by atoms with Crippen LogP contribution in [0.1, 0.15) is 25.0 Å². The van der Waals surface area contributed by atoms with E-state index in [1.54, 1.807) is 14.2 Å². The Morgan fingerprint density at radius 2 is 1.79 bits per heavy atom. The van der Waals surface area contributed by atoms with Gasteiger partial charge in [-0.3, -0.25) is 0 Å². The SMILES string of the molecule is COc1cc(CNC(CN)C(C)C)c(OC)cc1C. The third-order valence-corrected chi connectivity index (χ3v) is 3.41. The summed E-state index contributed by atoms with van der Waals surface area (Å²) in [6.07, 6.45) is 0. The molecule has 0 aliphatic rings. The Kier molecular flexibility index (Phi) is 6.12. The molecule has 19 heavy (non-hydrogen) atoms. The number of hydrogen-bond acceptors (Lipinski definition) is 4. The van der Waals surface area contributed by atoms with Crippen molar-refractivity contribution < 1.29 is 9.47 Å². The van der Waals surface area contributed by atoms with Crippen molar-refractivity contribution in [1.29, 1.82) is 0 Å². The van der Waals surface area contributed by atoms with Crippen molar-refractivity contribution in [2.45, 2.75) is 33.4 Å². The largest absolute Gasteiger partial charge is 0.496 e. The number of nitrogens with one attached hydrogen (secondary N) is 1. The molecule has 1 rings (SSSR count). The molecule has 108 valence electrons. The predicted octanol–water partition coefficient (Wildman–Crippen LogP) is 2.09. The van der Waals surface area contributed by atoms with Gasteiger partial charge in [-0.05, 0) is 30.5 Å². The van der Waals surface area contributed by atoms with Crippen molar-refractivity contribution in [2.75, 3.05) is 20.8 Å². The molecular weight excluding hydrogens is 240 g/mol. The van der Waals surface area contributed by atoms with Gasteiger partial charge in [0.25, 0.3) is 0 Å². The molecule has 0 radical (unpaired) electrons. The van der Waals surface area contributed by atoms with Gasteiger partial charge < -0.3 is 20.5 Å². The molecule has 4 nitrogen and oxygen atoms in total.